The third kappa shape index (κ3) is 5.30. The molecule has 0 aromatic carbocycles. The molecule has 2 heterocycles. The van der Waals surface area contributed by atoms with Gasteiger partial charge in [0.25, 0.3) is 0 Å². The second kappa shape index (κ2) is 9.31. The summed E-state index contributed by atoms with van der Waals surface area (Å²) in [5.41, 5.74) is 5.19. The summed E-state index contributed by atoms with van der Waals surface area (Å²) in [5.74, 6) is -2.80. The minimum Gasteiger partial charge on any atom is -0.618 e. The highest BCUT2D eigenvalue weighted by Crippen LogP contribution is 2.23. The zero-order chi connectivity index (χ0) is 21.8. The van der Waals surface area contributed by atoms with Crippen molar-refractivity contribution in [1.82, 2.24) is 9.62 Å². The van der Waals surface area contributed by atoms with E-state index >= 15 is 0 Å². The summed E-state index contributed by atoms with van der Waals surface area (Å²) >= 11 is 0. The van der Waals surface area contributed by atoms with Gasteiger partial charge in [-0.1, -0.05) is 6.92 Å². The van der Waals surface area contributed by atoms with Crippen molar-refractivity contribution in [3.05, 3.63) is 36.0 Å². The maximum atomic E-state index is 13.2. The van der Waals surface area contributed by atoms with Crippen LogP contribution in [0.3, 0.4) is 0 Å². The Morgan fingerprint density at radius 1 is 1.41 bits per heavy atom. The van der Waals surface area contributed by atoms with Gasteiger partial charge in [0, 0.05) is 24.1 Å². The number of ketones is 1. The number of hydrogen-bond donors (Lipinski definition) is 2. The molecule has 0 bridgehead atoms. The molecule has 1 fully saturated rings. The highest BCUT2D eigenvalue weighted by Gasteiger charge is 2.43. The fourth-order valence-electron chi connectivity index (χ4n) is 2.95. The molecule has 1 aliphatic rings. The van der Waals surface area contributed by atoms with Gasteiger partial charge in [-0.15, -0.1) is 0 Å². The normalized spacial score (nSPS) is 21.2. The van der Waals surface area contributed by atoms with Crippen LogP contribution in [-0.2, 0) is 24.4 Å². The second-order valence-corrected chi connectivity index (χ2v) is 8.85. The summed E-state index contributed by atoms with van der Waals surface area (Å²) in [6, 6.07) is 2.47. The van der Waals surface area contributed by atoms with E-state index in [1.54, 1.807) is 0 Å². The van der Waals surface area contributed by atoms with Crippen LogP contribution in [0.5, 0.6) is 0 Å². The van der Waals surface area contributed by atoms with Crippen LogP contribution in [0.1, 0.15) is 33.1 Å². The highest BCUT2D eigenvalue weighted by atomic mass is 32.2. The number of hydrogen-bond acceptors (Lipinski definition) is 7. The van der Waals surface area contributed by atoms with Gasteiger partial charge in [0.2, 0.25) is 11.8 Å². The van der Waals surface area contributed by atoms with Gasteiger partial charge < -0.3 is 16.3 Å². The molecular formula is C18H25N4O6S. The van der Waals surface area contributed by atoms with Crippen molar-refractivity contribution >= 4 is 27.6 Å². The molecule has 1 aliphatic heterocycles. The molecule has 2 amide bonds. The molecule has 1 saturated heterocycles. The Balaban J connectivity index is 2.45. The standard InChI is InChI=1S/C18H25N4O6S/c1-12(18(19)25)6-9-16(24)22(14-8-7-13(2)20-11-15(14)23)29(27,28)17-5-3-4-10-21(17)26/h3-5,9-10,12-14,20H,6-8,11H2,1-2H3,(H2,19,25)/t12-,13+,14-/m0/s1. The number of carbonyl (C=O) groups is 3. The number of rotatable bonds is 7. The lowest BCUT2D eigenvalue weighted by molar-refractivity contribution is -0.646. The Hall–Kier alpha value is -2.53. The van der Waals surface area contributed by atoms with Crippen molar-refractivity contribution in [2.24, 2.45) is 11.7 Å². The lowest BCUT2D eigenvalue weighted by Gasteiger charge is -2.28. The molecule has 0 saturated carbocycles. The summed E-state index contributed by atoms with van der Waals surface area (Å²) < 4.78 is 27.0. The van der Waals surface area contributed by atoms with Gasteiger partial charge in [-0.25, -0.2) is 4.31 Å². The van der Waals surface area contributed by atoms with Crippen LogP contribution in [0, 0.1) is 17.5 Å². The first-order chi connectivity index (χ1) is 13.6. The van der Waals surface area contributed by atoms with E-state index in [0.717, 1.165) is 18.7 Å². The Morgan fingerprint density at radius 3 is 2.72 bits per heavy atom. The minimum absolute atomic E-state index is 0.0383. The second-order valence-electron chi connectivity index (χ2n) is 7.09. The Bertz CT molecular complexity index is 888. The lowest BCUT2D eigenvalue weighted by Crippen LogP contribution is -2.52. The number of carbonyl (C=O) groups excluding carboxylic acids is 3. The van der Waals surface area contributed by atoms with Crippen molar-refractivity contribution in [2.45, 2.75) is 50.2 Å². The van der Waals surface area contributed by atoms with E-state index in [-0.39, 0.29) is 30.2 Å². The van der Waals surface area contributed by atoms with Crippen LogP contribution in [-0.4, -0.2) is 48.9 Å². The fourth-order valence-corrected chi connectivity index (χ4v) is 4.56. The van der Waals surface area contributed by atoms with Crippen molar-refractivity contribution in [1.29, 1.82) is 0 Å². The number of nitrogens with two attached hydrogens (primary N) is 1. The van der Waals surface area contributed by atoms with Crippen molar-refractivity contribution in [3.8, 4) is 0 Å². The Kier molecular flexibility index (Phi) is 7.31. The molecular weight excluding hydrogens is 400 g/mol. The van der Waals surface area contributed by atoms with Crippen LogP contribution >= 0.6 is 0 Å². The van der Waals surface area contributed by atoms with Crippen molar-refractivity contribution < 1.29 is 27.5 Å². The van der Waals surface area contributed by atoms with Gasteiger partial charge in [-0.2, -0.15) is 13.1 Å². The van der Waals surface area contributed by atoms with E-state index in [0.29, 0.717) is 10.7 Å². The van der Waals surface area contributed by atoms with Gasteiger partial charge >= 0.3 is 15.0 Å². The Labute approximate surface area is 169 Å². The molecule has 1 aromatic rings. The summed E-state index contributed by atoms with van der Waals surface area (Å²) in [6.45, 7) is 3.24. The first-order valence-electron chi connectivity index (χ1n) is 9.21. The summed E-state index contributed by atoms with van der Waals surface area (Å²) in [6.07, 6.45) is 2.48. The van der Waals surface area contributed by atoms with Gasteiger partial charge in [0.05, 0.1) is 13.0 Å². The van der Waals surface area contributed by atoms with Gasteiger partial charge in [0.1, 0.15) is 6.04 Å². The first kappa shape index (κ1) is 22.8. The molecule has 1 aromatic heterocycles. The molecule has 159 valence electrons. The number of Topliss-reactive ketones (excluding diaryl/α,β-unsaturated/α-hetero) is 1. The maximum Gasteiger partial charge on any atom is 0.329 e. The molecule has 0 aliphatic carbocycles. The number of nitrogens with zero attached hydrogens (tertiary/aromatic N) is 2. The topological polar surface area (TPSA) is 154 Å². The van der Waals surface area contributed by atoms with E-state index in [2.05, 4.69) is 5.32 Å². The van der Waals surface area contributed by atoms with E-state index in [1.165, 1.54) is 19.1 Å². The van der Waals surface area contributed by atoms with Crippen molar-refractivity contribution in [3.63, 3.8) is 0 Å². The quantitative estimate of drug-likeness (QED) is 0.431. The number of nitrogens with one attached hydrogen (secondary N) is 1. The number of pyridine rings is 1. The Morgan fingerprint density at radius 2 is 2.10 bits per heavy atom. The predicted molar refractivity (Wildman–Crippen MR) is 102 cm³/mol. The van der Waals surface area contributed by atoms with Crippen molar-refractivity contribution in [2.75, 3.05) is 6.54 Å². The minimum atomic E-state index is -4.63. The molecule has 0 unspecified atom stereocenters. The third-order valence-electron chi connectivity index (χ3n) is 4.81. The molecule has 10 nitrogen and oxygen atoms in total. The SMILES string of the molecule is C[C@@H]1CC[C@H](N(C(=O)[CH]C[C@H](C)C(N)=O)S(=O)(=O)c2cccc[n+]2[O-])C(=O)CN1. The van der Waals surface area contributed by atoms with E-state index < -0.39 is 44.6 Å². The fraction of sp³-hybridized carbons (Fsp3) is 0.500. The number of primary amides is 1. The summed E-state index contributed by atoms with van der Waals surface area (Å²) in [4.78, 5) is 36.7. The molecule has 3 N–H and O–H groups in total. The predicted octanol–water partition coefficient (Wildman–Crippen LogP) is -0.737. The molecule has 3 atom stereocenters. The molecule has 11 heteroatoms. The van der Waals surface area contributed by atoms with Gasteiger partial charge in [-0.3, -0.25) is 14.4 Å². The molecule has 29 heavy (non-hydrogen) atoms. The summed E-state index contributed by atoms with van der Waals surface area (Å²) in [5, 5.41) is 14.4. The highest BCUT2D eigenvalue weighted by molar-refractivity contribution is 7.89. The van der Waals surface area contributed by atoms with Gasteiger partial charge in [-0.05, 0) is 32.3 Å². The molecule has 2 rings (SSSR count). The summed E-state index contributed by atoms with van der Waals surface area (Å²) in [7, 11) is -4.63. The van der Waals surface area contributed by atoms with Crippen LogP contribution in [0.15, 0.2) is 29.4 Å². The smallest absolute Gasteiger partial charge is 0.329 e. The van der Waals surface area contributed by atoms with E-state index in [4.69, 9.17) is 5.73 Å². The van der Waals surface area contributed by atoms with Crippen LogP contribution < -0.4 is 15.8 Å². The van der Waals surface area contributed by atoms with Gasteiger partial charge in [0.15, 0.2) is 12.0 Å². The number of amides is 2. The lowest BCUT2D eigenvalue weighted by atomic mass is 10.0. The number of aromatic nitrogens is 1. The third-order valence-corrected chi connectivity index (χ3v) is 6.61. The molecule has 1 radical (unpaired) electrons. The number of sulfonamides is 1. The zero-order valence-electron chi connectivity index (χ0n) is 16.3. The molecule has 0 spiro atoms. The van der Waals surface area contributed by atoms with E-state index in [9.17, 15) is 28.0 Å². The van der Waals surface area contributed by atoms with Crippen LogP contribution in [0.25, 0.3) is 0 Å². The van der Waals surface area contributed by atoms with Crippen LogP contribution in [0.2, 0.25) is 0 Å². The maximum absolute atomic E-state index is 13.2. The monoisotopic (exact) mass is 425 g/mol. The largest absolute Gasteiger partial charge is 0.618 e. The average molecular weight is 425 g/mol. The average Bonchev–Trinajstić information content (AvgIpc) is 2.82. The van der Waals surface area contributed by atoms with E-state index in [1.807, 2.05) is 6.92 Å². The van der Waals surface area contributed by atoms with Crippen LogP contribution in [0.4, 0.5) is 0 Å². The first-order valence-corrected chi connectivity index (χ1v) is 10.6. The zero-order valence-corrected chi connectivity index (χ0v) is 17.1.